The molecule has 0 atom stereocenters. The van der Waals surface area contributed by atoms with Crippen LogP contribution >= 0.6 is 34.0 Å². The fourth-order valence-corrected chi connectivity index (χ4v) is 9.42. The number of Topliss-reactive ketones (excluding diaryl/α,β-unsaturated/α-hetero) is 2. The van der Waals surface area contributed by atoms with Crippen molar-refractivity contribution < 1.29 is 9.59 Å². The molecule has 3 heterocycles. The summed E-state index contributed by atoms with van der Waals surface area (Å²) in [6, 6.07) is 25.7. The van der Waals surface area contributed by atoms with Crippen molar-refractivity contribution in [3.05, 3.63) is 115 Å². The molecule has 0 spiro atoms. The molecule has 0 unspecified atom stereocenters. The first kappa shape index (κ1) is 26.2. The van der Waals surface area contributed by atoms with Gasteiger partial charge in [-0.2, -0.15) is 21.0 Å². The van der Waals surface area contributed by atoms with Crippen molar-refractivity contribution in [2.45, 2.75) is 0 Å². The highest BCUT2D eigenvalue weighted by atomic mass is 32.1. The molecule has 3 aromatic heterocycles. The molecular formula is C34H12N4O2S3. The van der Waals surface area contributed by atoms with Crippen LogP contribution in [0.25, 0.3) is 42.1 Å². The Morgan fingerprint density at radius 3 is 1.30 bits per heavy atom. The Balaban J connectivity index is 1.33. The van der Waals surface area contributed by atoms with Gasteiger partial charge in [-0.1, -0.05) is 48.5 Å². The maximum Gasteiger partial charge on any atom is 0.194 e. The molecule has 198 valence electrons. The van der Waals surface area contributed by atoms with Crippen molar-refractivity contribution in [1.29, 1.82) is 21.0 Å². The van der Waals surface area contributed by atoms with E-state index in [4.69, 9.17) is 0 Å². The van der Waals surface area contributed by atoms with E-state index in [0.717, 1.165) is 28.6 Å². The summed E-state index contributed by atoms with van der Waals surface area (Å²) >= 11 is 4.61. The number of allylic oxidation sites excluding steroid dienone is 6. The molecule has 0 amide bonds. The van der Waals surface area contributed by atoms with Crippen LogP contribution in [0.5, 0.6) is 0 Å². The van der Waals surface area contributed by atoms with E-state index in [0.29, 0.717) is 44.5 Å². The van der Waals surface area contributed by atoms with Crippen molar-refractivity contribution in [3.8, 4) is 24.3 Å². The summed E-state index contributed by atoms with van der Waals surface area (Å²) in [4.78, 5) is 28.3. The number of carbonyl (C=O) groups excluding carboxylic acids is 2. The summed E-state index contributed by atoms with van der Waals surface area (Å²) in [7, 11) is 0. The van der Waals surface area contributed by atoms with Gasteiger partial charge >= 0.3 is 0 Å². The number of benzene rings is 2. The average molecular weight is 605 g/mol. The number of thiophene rings is 3. The Hall–Kier alpha value is -5.68. The van der Waals surface area contributed by atoms with Crippen molar-refractivity contribution in [2.24, 2.45) is 0 Å². The van der Waals surface area contributed by atoms with Gasteiger partial charge in [0.2, 0.25) is 0 Å². The highest BCUT2D eigenvalue weighted by Gasteiger charge is 2.33. The quantitative estimate of drug-likeness (QED) is 0.147. The number of fused-ring (bicyclic) bond motifs is 5. The lowest BCUT2D eigenvalue weighted by Crippen LogP contribution is -1.95. The number of rotatable bonds is 2. The number of hydrogen-bond donors (Lipinski definition) is 0. The molecule has 6 nitrogen and oxygen atoms in total. The van der Waals surface area contributed by atoms with E-state index in [9.17, 15) is 30.6 Å². The van der Waals surface area contributed by atoms with E-state index in [1.165, 1.54) is 22.7 Å². The molecule has 0 fully saturated rings. The molecule has 0 saturated heterocycles. The van der Waals surface area contributed by atoms with E-state index < -0.39 is 0 Å². The lowest BCUT2D eigenvalue weighted by Gasteiger charge is -2.01. The van der Waals surface area contributed by atoms with Crippen LogP contribution in [-0.4, -0.2) is 11.6 Å². The van der Waals surface area contributed by atoms with E-state index in [2.05, 4.69) is 0 Å². The van der Waals surface area contributed by atoms with Crippen LogP contribution < -0.4 is 0 Å². The Morgan fingerprint density at radius 2 is 0.930 bits per heavy atom. The Kier molecular flexibility index (Phi) is 6.10. The topological polar surface area (TPSA) is 129 Å². The van der Waals surface area contributed by atoms with E-state index >= 15 is 0 Å². The lowest BCUT2D eigenvalue weighted by molar-refractivity contribution is 0.103. The average Bonchev–Trinajstić information content (AvgIpc) is 3.80. The summed E-state index contributed by atoms with van der Waals surface area (Å²) in [6.45, 7) is 0. The smallest absolute Gasteiger partial charge is 0.194 e. The molecule has 5 aromatic rings. The summed E-state index contributed by atoms with van der Waals surface area (Å²) in [5.74, 6) is -0.443. The van der Waals surface area contributed by atoms with Crippen molar-refractivity contribution in [2.75, 3.05) is 0 Å². The molecule has 2 aliphatic carbocycles. The van der Waals surface area contributed by atoms with Gasteiger partial charge in [0.25, 0.3) is 0 Å². The maximum atomic E-state index is 13.3. The number of carbonyl (C=O) groups is 2. The summed E-state index contributed by atoms with van der Waals surface area (Å²) in [5.41, 5.74) is 3.27. The van der Waals surface area contributed by atoms with Crippen LogP contribution in [0.15, 0.2) is 83.0 Å². The second-order valence-corrected chi connectivity index (χ2v) is 12.9. The zero-order chi connectivity index (χ0) is 29.8. The number of ketones is 2. The Morgan fingerprint density at radius 1 is 0.558 bits per heavy atom. The normalized spacial score (nSPS) is 15.4. The van der Waals surface area contributed by atoms with Crippen LogP contribution in [0.3, 0.4) is 0 Å². The fourth-order valence-electron chi connectivity index (χ4n) is 5.49. The van der Waals surface area contributed by atoms with Gasteiger partial charge in [-0.3, -0.25) is 9.59 Å². The highest BCUT2D eigenvalue weighted by Crippen LogP contribution is 2.47. The third kappa shape index (κ3) is 3.93. The molecular weight excluding hydrogens is 593 g/mol. The van der Waals surface area contributed by atoms with Gasteiger partial charge in [-0.05, 0) is 35.4 Å². The number of hydrogen-bond acceptors (Lipinski definition) is 9. The minimum atomic E-state index is -0.222. The summed E-state index contributed by atoms with van der Waals surface area (Å²) in [5, 5.41) is 38.4. The van der Waals surface area contributed by atoms with E-state index in [1.807, 2.05) is 36.4 Å². The monoisotopic (exact) mass is 604 g/mol. The SMILES string of the molecule is N#CC(C#N)=C1/C(=C/c2cc3sc4cc(/C=C5\C(=O)c6ccccc6C5=C(C#N)C#N)sc4c3s2)C(=O)c2ccccc21. The summed E-state index contributed by atoms with van der Waals surface area (Å²) in [6.07, 6.45) is 3.51. The fraction of sp³-hybridized carbons (Fsp3) is 0. The van der Waals surface area contributed by atoms with Gasteiger partial charge in [0.15, 0.2) is 11.6 Å². The Bertz CT molecular complexity index is 2230. The van der Waals surface area contributed by atoms with Gasteiger partial charge in [-0.15, -0.1) is 34.0 Å². The minimum absolute atomic E-state index is 0.103. The molecule has 0 bridgehead atoms. The third-order valence-corrected chi connectivity index (χ3v) is 11.0. The van der Waals surface area contributed by atoms with Crippen LogP contribution in [0.4, 0.5) is 0 Å². The van der Waals surface area contributed by atoms with Crippen molar-refractivity contribution in [3.63, 3.8) is 0 Å². The molecule has 0 N–H and O–H groups in total. The standard InChI is InChI=1S/C34H12N4O2S3/c35-13-17(14-36)29-21-5-1-3-7-23(21)31(39)25(29)9-19-11-27-33(41-19)34-28(43-27)12-20(42-34)10-26-30(18(15-37)16-38)22-6-2-4-8-24(22)32(26)40/h1-12H/b25-9-,26-10-. The number of nitrogens with zero attached hydrogens (tertiary/aromatic N) is 4. The first-order valence-corrected chi connectivity index (χ1v) is 15.2. The molecule has 0 saturated carbocycles. The second kappa shape index (κ2) is 10.00. The molecule has 2 aliphatic rings. The first-order valence-electron chi connectivity index (χ1n) is 12.7. The molecule has 43 heavy (non-hydrogen) atoms. The van der Waals surface area contributed by atoms with Crippen LogP contribution in [0, 0.1) is 45.3 Å². The predicted octanol–water partition coefficient (Wildman–Crippen LogP) is 8.34. The van der Waals surface area contributed by atoms with E-state index in [1.54, 1.807) is 72.0 Å². The summed E-state index contributed by atoms with van der Waals surface area (Å²) < 4.78 is 4.13. The maximum absolute atomic E-state index is 13.3. The van der Waals surface area contributed by atoms with Gasteiger partial charge < -0.3 is 0 Å². The minimum Gasteiger partial charge on any atom is -0.289 e. The van der Waals surface area contributed by atoms with Crippen LogP contribution in [-0.2, 0) is 0 Å². The third-order valence-electron chi connectivity index (χ3n) is 7.29. The van der Waals surface area contributed by atoms with Crippen LogP contribution in [0.2, 0.25) is 0 Å². The first-order chi connectivity index (χ1) is 21.0. The van der Waals surface area contributed by atoms with Gasteiger partial charge in [-0.25, -0.2) is 0 Å². The number of nitriles is 4. The molecule has 9 heteroatoms. The zero-order valence-electron chi connectivity index (χ0n) is 21.8. The van der Waals surface area contributed by atoms with Gasteiger partial charge in [0.05, 0.1) is 9.40 Å². The van der Waals surface area contributed by atoms with Crippen LogP contribution in [0.1, 0.15) is 41.6 Å². The van der Waals surface area contributed by atoms with Crippen molar-refractivity contribution in [1.82, 2.24) is 0 Å². The Labute approximate surface area is 256 Å². The molecule has 7 rings (SSSR count). The lowest BCUT2D eigenvalue weighted by atomic mass is 9.99. The second-order valence-electron chi connectivity index (χ2n) is 9.60. The highest BCUT2D eigenvalue weighted by molar-refractivity contribution is 7.38. The van der Waals surface area contributed by atoms with E-state index in [-0.39, 0.29) is 22.7 Å². The van der Waals surface area contributed by atoms with Gasteiger partial charge in [0.1, 0.15) is 35.4 Å². The van der Waals surface area contributed by atoms with Gasteiger partial charge in [0, 0.05) is 52.6 Å². The largest absolute Gasteiger partial charge is 0.289 e. The predicted molar refractivity (Wildman–Crippen MR) is 169 cm³/mol. The molecule has 0 aliphatic heterocycles. The molecule has 2 aromatic carbocycles. The van der Waals surface area contributed by atoms with Crippen molar-refractivity contribution >= 4 is 87.7 Å². The molecule has 0 radical (unpaired) electrons. The zero-order valence-corrected chi connectivity index (χ0v) is 24.2.